The van der Waals surface area contributed by atoms with Crippen molar-refractivity contribution < 1.29 is 0 Å². The third-order valence-electron chi connectivity index (χ3n) is 2.14. The van der Waals surface area contributed by atoms with Gasteiger partial charge >= 0.3 is 0 Å². The first-order valence-electron chi connectivity index (χ1n) is 5.60. The van der Waals surface area contributed by atoms with Crippen LogP contribution in [-0.2, 0) is 0 Å². The van der Waals surface area contributed by atoms with Crippen LogP contribution >= 0.6 is 12.1 Å². The number of hydrogen-bond acceptors (Lipinski definition) is 3. The molecule has 0 radical (unpaired) electrons. The lowest BCUT2D eigenvalue weighted by Crippen LogP contribution is -2.29. The van der Waals surface area contributed by atoms with Crippen LogP contribution in [0.15, 0.2) is 24.3 Å². The molecule has 1 aliphatic heterocycles. The van der Waals surface area contributed by atoms with Crippen LogP contribution < -0.4 is 9.03 Å². The Labute approximate surface area is 97.3 Å². The number of nitrogens with zero attached hydrogens (tertiary/aromatic N) is 1. The summed E-state index contributed by atoms with van der Waals surface area (Å²) in [5.74, 6) is 0. The van der Waals surface area contributed by atoms with E-state index in [1.807, 2.05) is 13.8 Å². The molecule has 1 aliphatic rings. The summed E-state index contributed by atoms with van der Waals surface area (Å²) in [6.45, 7) is 8.37. The SMILES string of the molecule is CC.Cc1ccc(N2CCCNS2)cc1. The fourth-order valence-electron chi connectivity index (χ4n) is 1.36. The van der Waals surface area contributed by atoms with E-state index in [4.69, 9.17) is 0 Å². The Bertz CT molecular complexity index is 265. The maximum absolute atomic E-state index is 3.29. The number of nitrogens with one attached hydrogen (secondary N) is 1. The highest BCUT2D eigenvalue weighted by atomic mass is 32.2. The molecule has 0 spiro atoms. The lowest BCUT2D eigenvalue weighted by Gasteiger charge is -2.27. The molecule has 2 nitrogen and oxygen atoms in total. The van der Waals surface area contributed by atoms with Gasteiger partial charge in [0.25, 0.3) is 0 Å². The molecule has 1 aromatic carbocycles. The van der Waals surface area contributed by atoms with Gasteiger partial charge in [-0.1, -0.05) is 31.5 Å². The van der Waals surface area contributed by atoms with E-state index in [1.165, 1.54) is 17.7 Å². The van der Waals surface area contributed by atoms with Gasteiger partial charge in [0.05, 0.1) is 0 Å². The number of anilines is 1. The first-order valence-corrected chi connectivity index (χ1v) is 6.37. The van der Waals surface area contributed by atoms with Crippen LogP contribution in [0.4, 0.5) is 5.69 Å². The molecule has 1 saturated heterocycles. The summed E-state index contributed by atoms with van der Waals surface area (Å²) >= 11 is 1.71. The Morgan fingerprint density at radius 3 is 2.40 bits per heavy atom. The van der Waals surface area contributed by atoms with Gasteiger partial charge in [-0.05, 0) is 25.5 Å². The average Bonchev–Trinajstić information content (AvgIpc) is 2.34. The Morgan fingerprint density at radius 2 is 1.87 bits per heavy atom. The van der Waals surface area contributed by atoms with Crippen LogP contribution in [0, 0.1) is 6.92 Å². The molecule has 1 fully saturated rings. The molecule has 0 aromatic heterocycles. The predicted molar refractivity (Wildman–Crippen MR) is 70.1 cm³/mol. The first-order chi connectivity index (χ1) is 7.36. The molecule has 2 rings (SSSR count). The molecule has 1 N–H and O–H groups in total. The minimum Gasteiger partial charge on any atom is -0.303 e. The number of benzene rings is 1. The van der Waals surface area contributed by atoms with Crippen molar-refractivity contribution in [3.05, 3.63) is 29.8 Å². The van der Waals surface area contributed by atoms with Crippen molar-refractivity contribution in [2.24, 2.45) is 0 Å². The second-order valence-electron chi connectivity index (χ2n) is 3.28. The Kier molecular flexibility index (Phi) is 5.58. The molecule has 1 aromatic rings. The van der Waals surface area contributed by atoms with Gasteiger partial charge < -0.3 is 4.31 Å². The highest BCUT2D eigenvalue weighted by Gasteiger charge is 2.10. The van der Waals surface area contributed by atoms with Gasteiger partial charge in [0, 0.05) is 30.9 Å². The fraction of sp³-hybridized carbons (Fsp3) is 0.500. The summed E-state index contributed by atoms with van der Waals surface area (Å²) < 4.78 is 5.59. The smallest absolute Gasteiger partial charge is 0.0482 e. The van der Waals surface area contributed by atoms with Gasteiger partial charge in [-0.25, -0.2) is 4.72 Å². The summed E-state index contributed by atoms with van der Waals surface area (Å²) in [5.41, 5.74) is 2.61. The zero-order chi connectivity index (χ0) is 11.1. The quantitative estimate of drug-likeness (QED) is 0.736. The third kappa shape index (κ3) is 3.76. The van der Waals surface area contributed by atoms with Gasteiger partial charge in [0.15, 0.2) is 0 Å². The zero-order valence-corrected chi connectivity index (χ0v) is 10.6. The summed E-state index contributed by atoms with van der Waals surface area (Å²) in [6.07, 6.45) is 1.22. The van der Waals surface area contributed by atoms with Gasteiger partial charge in [-0.3, -0.25) is 0 Å². The summed E-state index contributed by atoms with van der Waals surface area (Å²) in [5, 5.41) is 0. The maximum Gasteiger partial charge on any atom is 0.0482 e. The van der Waals surface area contributed by atoms with Crippen molar-refractivity contribution in [1.29, 1.82) is 0 Å². The van der Waals surface area contributed by atoms with Crippen LogP contribution in [0.5, 0.6) is 0 Å². The highest BCUT2D eigenvalue weighted by molar-refractivity contribution is 7.98. The number of rotatable bonds is 1. The minimum absolute atomic E-state index is 1.12. The number of aryl methyl sites for hydroxylation is 1. The monoisotopic (exact) mass is 224 g/mol. The molecule has 3 heteroatoms. The molecular weight excluding hydrogens is 204 g/mol. The maximum atomic E-state index is 3.29. The second-order valence-corrected chi connectivity index (χ2v) is 4.19. The standard InChI is InChI=1S/C10H14N2S.C2H6/c1-9-3-5-10(6-4-9)12-8-2-7-11-13-12;1-2/h3-6,11H,2,7-8H2,1H3;1-2H3. The van der Waals surface area contributed by atoms with Gasteiger partial charge in [-0.2, -0.15) is 0 Å². The van der Waals surface area contributed by atoms with Crippen molar-refractivity contribution >= 4 is 17.8 Å². The topological polar surface area (TPSA) is 15.3 Å². The first kappa shape index (κ1) is 12.4. The minimum atomic E-state index is 1.12. The molecular formula is C12H20N2S. The molecule has 0 atom stereocenters. The van der Waals surface area contributed by atoms with E-state index in [0.29, 0.717) is 0 Å². The van der Waals surface area contributed by atoms with E-state index in [1.54, 1.807) is 12.1 Å². The van der Waals surface area contributed by atoms with Crippen molar-refractivity contribution in [2.45, 2.75) is 27.2 Å². The van der Waals surface area contributed by atoms with Crippen LogP contribution in [0.2, 0.25) is 0 Å². The zero-order valence-electron chi connectivity index (χ0n) is 9.79. The lowest BCUT2D eigenvalue weighted by molar-refractivity contribution is 0.777. The molecule has 0 amide bonds. The largest absolute Gasteiger partial charge is 0.303 e. The molecule has 0 unspecified atom stereocenters. The van der Waals surface area contributed by atoms with E-state index < -0.39 is 0 Å². The van der Waals surface area contributed by atoms with Crippen molar-refractivity contribution in [1.82, 2.24) is 4.72 Å². The Balaban J connectivity index is 0.000000531. The molecule has 15 heavy (non-hydrogen) atoms. The predicted octanol–water partition coefficient (Wildman–Crippen LogP) is 3.38. The highest BCUT2D eigenvalue weighted by Crippen LogP contribution is 2.23. The van der Waals surface area contributed by atoms with Crippen molar-refractivity contribution in [3.63, 3.8) is 0 Å². The summed E-state index contributed by atoms with van der Waals surface area (Å²) in [4.78, 5) is 0. The summed E-state index contributed by atoms with van der Waals surface area (Å²) in [6, 6.07) is 8.67. The Morgan fingerprint density at radius 1 is 1.20 bits per heavy atom. The van der Waals surface area contributed by atoms with E-state index in [0.717, 1.165) is 13.1 Å². The molecule has 1 heterocycles. The normalized spacial score (nSPS) is 15.5. The van der Waals surface area contributed by atoms with E-state index in [-0.39, 0.29) is 0 Å². The van der Waals surface area contributed by atoms with Crippen molar-refractivity contribution in [3.8, 4) is 0 Å². The molecule has 0 saturated carbocycles. The second kappa shape index (κ2) is 6.75. The van der Waals surface area contributed by atoms with E-state index in [2.05, 4.69) is 40.2 Å². The van der Waals surface area contributed by atoms with Gasteiger partial charge in [0.1, 0.15) is 0 Å². The van der Waals surface area contributed by atoms with Crippen molar-refractivity contribution in [2.75, 3.05) is 17.4 Å². The van der Waals surface area contributed by atoms with Crippen LogP contribution in [0.25, 0.3) is 0 Å². The fourth-order valence-corrected chi connectivity index (χ4v) is 2.20. The van der Waals surface area contributed by atoms with Crippen LogP contribution in [0.3, 0.4) is 0 Å². The van der Waals surface area contributed by atoms with Crippen LogP contribution in [0.1, 0.15) is 25.8 Å². The van der Waals surface area contributed by atoms with Gasteiger partial charge in [0.2, 0.25) is 0 Å². The van der Waals surface area contributed by atoms with Gasteiger partial charge in [-0.15, -0.1) is 0 Å². The van der Waals surface area contributed by atoms with E-state index >= 15 is 0 Å². The molecule has 0 bridgehead atoms. The van der Waals surface area contributed by atoms with Crippen LogP contribution in [-0.4, -0.2) is 13.1 Å². The number of hydrogen-bond donors (Lipinski definition) is 1. The van der Waals surface area contributed by atoms with E-state index in [9.17, 15) is 0 Å². The Hall–Kier alpha value is -0.670. The third-order valence-corrected chi connectivity index (χ3v) is 3.08. The molecule has 84 valence electrons. The summed E-state index contributed by atoms with van der Waals surface area (Å²) in [7, 11) is 0. The molecule has 0 aliphatic carbocycles. The lowest BCUT2D eigenvalue weighted by atomic mass is 10.2. The average molecular weight is 224 g/mol.